The van der Waals surface area contributed by atoms with Gasteiger partial charge in [-0.3, -0.25) is 4.57 Å². The zero-order valence-electron chi connectivity index (χ0n) is 28.1. The summed E-state index contributed by atoms with van der Waals surface area (Å²) in [6.07, 6.45) is 0. The first-order chi connectivity index (χ1) is 26.2. The fourth-order valence-corrected chi connectivity index (χ4v) is 9.66. The Hall–Kier alpha value is -6.54. The summed E-state index contributed by atoms with van der Waals surface area (Å²) in [7, 11) is 0. The van der Waals surface area contributed by atoms with E-state index in [0.29, 0.717) is 17.5 Å². The van der Waals surface area contributed by atoms with Crippen molar-refractivity contribution < 1.29 is 0 Å². The van der Waals surface area contributed by atoms with E-state index >= 15 is 0 Å². The van der Waals surface area contributed by atoms with Gasteiger partial charge in [0.1, 0.15) is 0 Å². The third-order valence-corrected chi connectivity index (χ3v) is 12.1. The molecule has 11 rings (SSSR count). The Morgan fingerprint density at radius 3 is 1.85 bits per heavy atom. The van der Waals surface area contributed by atoms with Crippen molar-refractivity contribution in [3.05, 3.63) is 164 Å². The molecule has 0 aliphatic rings. The fraction of sp³-hybridized carbons (Fsp3) is 0. The second-order valence-electron chi connectivity index (χ2n) is 13.1. The van der Waals surface area contributed by atoms with Crippen LogP contribution in [-0.2, 0) is 0 Å². The molecule has 0 radical (unpaired) electrons. The van der Waals surface area contributed by atoms with Crippen LogP contribution < -0.4 is 0 Å². The van der Waals surface area contributed by atoms with Crippen LogP contribution in [0.15, 0.2) is 164 Å². The lowest BCUT2D eigenvalue weighted by Crippen LogP contribution is -2.00. The second-order valence-corrected chi connectivity index (χ2v) is 15.1. The molecule has 5 nitrogen and oxygen atoms in total. The standard InChI is InChI=1S/C46H27N5S2/c1-2-12-28(13-3-1)43-48-44(30-15-10-14-29(26-30)32-18-11-19-35-34-17-5-8-22-40(34)52-42(32)35)50-45(49-43)31-24-25-39-36(27-31)33-16-4-7-21-38(33)51(39)46-47-37-20-6-9-23-41(37)53-46/h1-27H. The molecule has 0 amide bonds. The molecule has 0 saturated heterocycles. The van der Waals surface area contributed by atoms with Gasteiger partial charge in [-0.25, -0.2) is 19.9 Å². The smallest absolute Gasteiger partial charge is 0.195 e. The highest BCUT2D eigenvalue weighted by atomic mass is 32.1. The molecule has 4 aromatic heterocycles. The van der Waals surface area contributed by atoms with Crippen LogP contribution in [0, 0.1) is 0 Å². The number of thiazole rings is 1. The summed E-state index contributed by atoms with van der Waals surface area (Å²) in [5.41, 5.74) is 8.36. The monoisotopic (exact) mass is 713 g/mol. The van der Waals surface area contributed by atoms with Gasteiger partial charge in [-0.15, -0.1) is 11.3 Å². The fourth-order valence-electron chi connectivity index (χ4n) is 7.42. The Morgan fingerprint density at radius 1 is 0.377 bits per heavy atom. The highest BCUT2D eigenvalue weighted by molar-refractivity contribution is 7.26. The van der Waals surface area contributed by atoms with E-state index in [1.165, 1.54) is 30.4 Å². The van der Waals surface area contributed by atoms with Crippen LogP contribution >= 0.6 is 22.7 Å². The lowest BCUT2D eigenvalue weighted by Gasteiger charge is -2.10. The summed E-state index contributed by atoms with van der Waals surface area (Å²) < 4.78 is 6.02. The molecule has 11 aromatic rings. The maximum absolute atomic E-state index is 5.18. The molecule has 7 heteroatoms. The number of benzene rings is 7. The van der Waals surface area contributed by atoms with E-state index in [2.05, 4.69) is 144 Å². The van der Waals surface area contributed by atoms with Crippen LogP contribution in [0.5, 0.6) is 0 Å². The molecule has 248 valence electrons. The van der Waals surface area contributed by atoms with Crippen molar-refractivity contribution in [1.29, 1.82) is 0 Å². The highest BCUT2D eigenvalue weighted by Gasteiger charge is 2.19. The number of para-hydroxylation sites is 2. The van der Waals surface area contributed by atoms with Gasteiger partial charge in [0.05, 0.1) is 21.3 Å². The van der Waals surface area contributed by atoms with Gasteiger partial charge < -0.3 is 0 Å². The van der Waals surface area contributed by atoms with Gasteiger partial charge in [0, 0.05) is 47.6 Å². The van der Waals surface area contributed by atoms with Gasteiger partial charge in [-0.2, -0.15) is 0 Å². The van der Waals surface area contributed by atoms with E-state index in [4.69, 9.17) is 19.9 Å². The molecule has 53 heavy (non-hydrogen) atoms. The number of hydrogen-bond donors (Lipinski definition) is 0. The lowest BCUT2D eigenvalue weighted by atomic mass is 10.0. The van der Waals surface area contributed by atoms with E-state index in [1.54, 1.807) is 11.3 Å². The van der Waals surface area contributed by atoms with Crippen molar-refractivity contribution in [2.45, 2.75) is 0 Å². The molecule has 0 unspecified atom stereocenters. The minimum Gasteiger partial charge on any atom is -0.285 e. The van der Waals surface area contributed by atoms with Crippen molar-refractivity contribution in [1.82, 2.24) is 24.5 Å². The molecule has 0 aliphatic heterocycles. The summed E-state index contributed by atoms with van der Waals surface area (Å²) in [6, 6.07) is 57.3. The Balaban J connectivity index is 1.08. The number of thiophene rings is 1. The van der Waals surface area contributed by atoms with Gasteiger partial charge in [0.15, 0.2) is 22.6 Å². The highest BCUT2D eigenvalue weighted by Crippen LogP contribution is 2.41. The number of rotatable bonds is 5. The zero-order valence-corrected chi connectivity index (χ0v) is 29.8. The molecule has 7 aromatic carbocycles. The Morgan fingerprint density at radius 2 is 1.00 bits per heavy atom. The Kier molecular flexibility index (Phi) is 6.83. The molecule has 0 saturated carbocycles. The summed E-state index contributed by atoms with van der Waals surface area (Å²) in [5.74, 6) is 1.90. The summed E-state index contributed by atoms with van der Waals surface area (Å²) in [6.45, 7) is 0. The predicted molar refractivity (Wildman–Crippen MR) is 222 cm³/mol. The lowest BCUT2D eigenvalue weighted by molar-refractivity contribution is 1.07. The van der Waals surface area contributed by atoms with E-state index < -0.39 is 0 Å². The van der Waals surface area contributed by atoms with Crippen LogP contribution in [0.25, 0.3) is 103 Å². The Bertz CT molecular complexity index is 3160. The van der Waals surface area contributed by atoms with Gasteiger partial charge in [0.2, 0.25) is 0 Å². The first-order valence-electron chi connectivity index (χ1n) is 17.5. The number of hydrogen-bond acceptors (Lipinski definition) is 6. The number of aromatic nitrogens is 5. The predicted octanol–water partition coefficient (Wildman–Crippen LogP) is 12.6. The first-order valence-corrected chi connectivity index (χ1v) is 19.1. The molecule has 0 fully saturated rings. The molecule has 0 bridgehead atoms. The van der Waals surface area contributed by atoms with E-state index in [-0.39, 0.29) is 0 Å². The topological polar surface area (TPSA) is 56.5 Å². The van der Waals surface area contributed by atoms with Crippen LogP contribution in [0.2, 0.25) is 0 Å². The van der Waals surface area contributed by atoms with Gasteiger partial charge in [0.25, 0.3) is 0 Å². The molecule has 4 heterocycles. The summed E-state index contributed by atoms with van der Waals surface area (Å²) >= 11 is 3.55. The molecule has 0 atom stereocenters. The molecule has 0 N–H and O–H groups in total. The normalized spacial score (nSPS) is 11.8. The molecular weight excluding hydrogens is 687 g/mol. The number of fused-ring (bicyclic) bond motifs is 7. The average Bonchev–Trinajstić information content (AvgIpc) is 3.92. The van der Waals surface area contributed by atoms with Crippen LogP contribution in [0.1, 0.15) is 0 Å². The minimum absolute atomic E-state index is 0.629. The van der Waals surface area contributed by atoms with Gasteiger partial charge in [-0.1, -0.05) is 127 Å². The quantitative estimate of drug-likeness (QED) is 0.178. The van der Waals surface area contributed by atoms with Crippen molar-refractivity contribution in [2.75, 3.05) is 0 Å². The van der Waals surface area contributed by atoms with E-state index in [1.807, 2.05) is 35.6 Å². The largest absolute Gasteiger partial charge is 0.285 e. The molecular formula is C46H27N5S2. The second kappa shape index (κ2) is 12.0. The number of nitrogens with zero attached hydrogens (tertiary/aromatic N) is 5. The molecule has 0 spiro atoms. The maximum atomic E-state index is 5.18. The maximum Gasteiger partial charge on any atom is 0.195 e. The van der Waals surface area contributed by atoms with Gasteiger partial charge >= 0.3 is 0 Å². The van der Waals surface area contributed by atoms with E-state index in [9.17, 15) is 0 Å². The van der Waals surface area contributed by atoms with Gasteiger partial charge in [-0.05, 0) is 59.7 Å². The van der Waals surface area contributed by atoms with Crippen LogP contribution in [0.4, 0.5) is 0 Å². The van der Waals surface area contributed by atoms with E-state index in [0.717, 1.165) is 54.7 Å². The molecule has 0 aliphatic carbocycles. The van der Waals surface area contributed by atoms with Crippen molar-refractivity contribution in [2.24, 2.45) is 0 Å². The summed E-state index contributed by atoms with van der Waals surface area (Å²) in [5, 5.41) is 5.80. The van der Waals surface area contributed by atoms with Crippen LogP contribution in [0.3, 0.4) is 0 Å². The zero-order chi connectivity index (χ0) is 34.9. The first kappa shape index (κ1) is 30.1. The third-order valence-electron chi connectivity index (χ3n) is 9.91. The average molecular weight is 714 g/mol. The van der Waals surface area contributed by atoms with Crippen molar-refractivity contribution in [3.63, 3.8) is 0 Å². The van der Waals surface area contributed by atoms with Crippen molar-refractivity contribution in [3.8, 4) is 50.4 Å². The minimum atomic E-state index is 0.629. The SMILES string of the molecule is c1ccc(-c2nc(-c3cccc(-c4cccc5c4sc4ccccc45)c3)nc(-c3ccc4c(c3)c3ccccc3n4-c3nc4ccccc4s3)n2)cc1. The third kappa shape index (κ3) is 4.97. The van der Waals surface area contributed by atoms with Crippen molar-refractivity contribution >= 4 is 74.9 Å². The van der Waals surface area contributed by atoms with Crippen LogP contribution in [-0.4, -0.2) is 24.5 Å². The summed E-state index contributed by atoms with van der Waals surface area (Å²) in [4.78, 5) is 20.4. The Labute approximate surface area is 312 Å².